The van der Waals surface area contributed by atoms with Gasteiger partial charge in [-0.25, -0.2) is 0 Å². The third-order valence-corrected chi connectivity index (χ3v) is 12.8. The van der Waals surface area contributed by atoms with Gasteiger partial charge >= 0.3 is 0 Å². The molecule has 0 unspecified atom stereocenters. The van der Waals surface area contributed by atoms with E-state index in [0.717, 1.165) is 0 Å². The summed E-state index contributed by atoms with van der Waals surface area (Å²) in [6.07, 6.45) is 0. The fraction of sp³-hybridized carbons (Fsp3) is 0.111. The molecule has 0 fully saturated rings. The molecule has 0 radical (unpaired) electrons. The van der Waals surface area contributed by atoms with Crippen molar-refractivity contribution < 1.29 is 0 Å². The first-order valence-electron chi connectivity index (χ1n) is 19.3. The predicted octanol–water partition coefficient (Wildman–Crippen LogP) is 14.8. The monoisotopic (exact) mass is 688 g/mol. The highest BCUT2D eigenvalue weighted by molar-refractivity contribution is 6.21. The summed E-state index contributed by atoms with van der Waals surface area (Å²) in [7, 11) is 0. The summed E-state index contributed by atoms with van der Waals surface area (Å²) < 4.78 is 0. The van der Waals surface area contributed by atoms with E-state index in [0.29, 0.717) is 0 Å². The van der Waals surface area contributed by atoms with Crippen molar-refractivity contribution in [2.75, 3.05) is 0 Å². The van der Waals surface area contributed by atoms with Crippen LogP contribution in [0.15, 0.2) is 170 Å². The minimum absolute atomic E-state index is 0.0223. The van der Waals surface area contributed by atoms with E-state index >= 15 is 0 Å². The zero-order chi connectivity index (χ0) is 36.3. The van der Waals surface area contributed by atoms with E-state index in [1.54, 1.807) is 0 Å². The number of hydrogen-bond acceptors (Lipinski definition) is 0. The van der Waals surface area contributed by atoms with Gasteiger partial charge < -0.3 is 0 Å². The fourth-order valence-corrected chi connectivity index (χ4v) is 10.1. The minimum atomic E-state index is -0.130. The van der Waals surface area contributed by atoms with E-state index in [1.165, 1.54) is 110 Å². The SMILES string of the molecule is CC1(C)c2ccccc2-c2cc3c(cc21)C(C)(C)c1cc(-c2c4ccccc4c(-c4cccc(-c5ccc6ccccc6c5)c4)c4ccccc24)ccc1-3. The molecule has 0 saturated heterocycles. The molecule has 0 nitrogen and oxygen atoms in total. The van der Waals surface area contributed by atoms with Crippen LogP contribution in [-0.2, 0) is 10.8 Å². The smallest absolute Gasteiger partial charge is 0.0159 e. The topological polar surface area (TPSA) is 0 Å². The first-order chi connectivity index (χ1) is 26.3. The van der Waals surface area contributed by atoms with Crippen LogP contribution in [0.4, 0.5) is 0 Å². The Hall–Kier alpha value is -6.24. The molecule has 9 aromatic rings. The van der Waals surface area contributed by atoms with Gasteiger partial charge in [0, 0.05) is 10.8 Å². The normalized spacial score (nSPS) is 14.6. The van der Waals surface area contributed by atoms with Gasteiger partial charge in [0.25, 0.3) is 0 Å². The van der Waals surface area contributed by atoms with Crippen LogP contribution in [0.5, 0.6) is 0 Å². The Labute approximate surface area is 317 Å². The van der Waals surface area contributed by atoms with Gasteiger partial charge in [-0.3, -0.25) is 0 Å². The van der Waals surface area contributed by atoms with Crippen molar-refractivity contribution in [1.82, 2.24) is 0 Å². The van der Waals surface area contributed by atoms with E-state index in [1.807, 2.05) is 0 Å². The second-order valence-corrected chi connectivity index (χ2v) is 16.5. The fourth-order valence-electron chi connectivity index (χ4n) is 10.1. The summed E-state index contributed by atoms with van der Waals surface area (Å²) in [6, 6.07) is 63.9. The zero-order valence-corrected chi connectivity index (χ0v) is 31.2. The quantitative estimate of drug-likeness (QED) is 0.162. The van der Waals surface area contributed by atoms with Crippen LogP contribution in [0.2, 0.25) is 0 Å². The lowest BCUT2D eigenvalue weighted by molar-refractivity contribution is 0.639. The maximum atomic E-state index is 2.54. The van der Waals surface area contributed by atoms with Gasteiger partial charge in [-0.1, -0.05) is 173 Å². The van der Waals surface area contributed by atoms with Crippen molar-refractivity contribution in [2.24, 2.45) is 0 Å². The Morgan fingerprint density at radius 2 is 0.759 bits per heavy atom. The van der Waals surface area contributed by atoms with Crippen LogP contribution in [0.1, 0.15) is 49.9 Å². The van der Waals surface area contributed by atoms with Crippen LogP contribution >= 0.6 is 0 Å². The Morgan fingerprint density at radius 1 is 0.278 bits per heavy atom. The highest BCUT2D eigenvalue weighted by atomic mass is 14.4. The molecule has 2 aliphatic carbocycles. The highest BCUT2D eigenvalue weighted by Gasteiger charge is 2.41. The molecule has 9 aromatic carbocycles. The van der Waals surface area contributed by atoms with Gasteiger partial charge in [0.1, 0.15) is 0 Å². The highest BCUT2D eigenvalue weighted by Crippen LogP contribution is 2.57. The lowest BCUT2D eigenvalue weighted by Gasteiger charge is -2.26. The molecule has 0 atom stereocenters. The first kappa shape index (κ1) is 31.3. The number of rotatable bonds is 3. The van der Waals surface area contributed by atoms with Crippen molar-refractivity contribution in [3.8, 4) is 55.6 Å². The molecular weight excluding hydrogens is 649 g/mol. The largest absolute Gasteiger partial charge is 0.0619 e. The third kappa shape index (κ3) is 4.32. The van der Waals surface area contributed by atoms with Crippen LogP contribution in [-0.4, -0.2) is 0 Å². The second-order valence-electron chi connectivity index (χ2n) is 16.5. The summed E-state index contributed by atoms with van der Waals surface area (Å²) in [5.74, 6) is 0. The molecule has 2 aliphatic rings. The molecule has 0 bridgehead atoms. The van der Waals surface area contributed by atoms with Crippen molar-refractivity contribution in [3.05, 3.63) is 192 Å². The molecule has 11 rings (SSSR count). The van der Waals surface area contributed by atoms with Gasteiger partial charge in [-0.15, -0.1) is 0 Å². The van der Waals surface area contributed by atoms with Gasteiger partial charge in [-0.2, -0.15) is 0 Å². The van der Waals surface area contributed by atoms with Crippen LogP contribution in [0.3, 0.4) is 0 Å². The Balaban J connectivity index is 1.09. The molecule has 256 valence electrons. The lowest BCUT2D eigenvalue weighted by atomic mass is 9.77. The summed E-state index contributed by atoms with van der Waals surface area (Å²) >= 11 is 0. The maximum absolute atomic E-state index is 2.54. The van der Waals surface area contributed by atoms with Gasteiger partial charge in [-0.05, 0) is 134 Å². The maximum Gasteiger partial charge on any atom is 0.0159 e. The van der Waals surface area contributed by atoms with Crippen LogP contribution in [0, 0.1) is 0 Å². The number of hydrogen-bond donors (Lipinski definition) is 0. The average Bonchev–Trinajstić information content (AvgIpc) is 3.57. The van der Waals surface area contributed by atoms with E-state index in [4.69, 9.17) is 0 Å². The molecular formula is C54H40. The van der Waals surface area contributed by atoms with Crippen LogP contribution < -0.4 is 0 Å². The van der Waals surface area contributed by atoms with E-state index in [-0.39, 0.29) is 10.8 Å². The molecule has 0 heteroatoms. The van der Waals surface area contributed by atoms with Crippen molar-refractivity contribution >= 4 is 32.3 Å². The second kappa shape index (κ2) is 11.1. The molecule has 54 heavy (non-hydrogen) atoms. The van der Waals surface area contributed by atoms with E-state index in [2.05, 4.69) is 198 Å². The molecule has 0 amide bonds. The van der Waals surface area contributed by atoms with Gasteiger partial charge in [0.15, 0.2) is 0 Å². The predicted molar refractivity (Wildman–Crippen MR) is 230 cm³/mol. The van der Waals surface area contributed by atoms with Gasteiger partial charge in [0.2, 0.25) is 0 Å². The first-order valence-corrected chi connectivity index (χ1v) is 19.3. The van der Waals surface area contributed by atoms with Crippen molar-refractivity contribution in [2.45, 2.75) is 38.5 Å². The molecule has 0 heterocycles. The Kier molecular flexibility index (Phi) is 6.46. The molecule has 0 aromatic heterocycles. The van der Waals surface area contributed by atoms with Crippen molar-refractivity contribution in [3.63, 3.8) is 0 Å². The van der Waals surface area contributed by atoms with Crippen molar-refractivity contribution in [1.29, 1.82) is 0 Å². The standard InChI is InChI=1S/C54H40/c1-53(2)47-23-12-11-18-39(47)45-31-46-40-27-26-38(30-48(40)54(3,4)50(46)32-49(45)53)52-43-21-9-7-19-41(43)51(42-20-8-10-22-44(42)52)37-17-13-16-35(29-37)36-25-24-33-14-5-6-15-34(33)28-36/h5-32H,1-4H3. The number of fused-ring (bicyclic) bond motifs is 9. The average molecular weight is 689 g/mol. The summed E-state index contributed by atoms with van der Waals surface area (Å²) in [6.45, 7) is 9.61. The Morgan fingerprint density at radius 3 is 1.44 bits per heavy atom. The molecule has 0 spiro atoms. The summed E-state index contributed by atoms with van der Waals surface area (Å²) in [5.41, 5.74) is 18.7. The Bertz CT molecular complexity index is 2990. The minimum Gasteiger partial charge on any atom is -0.0619 e. The van der Waals surface area contributed by atoms with E-state index in [9.17, 15) is 0 Å². The summed E-state index contributed by atoms with van der Waals surface area (Å²) in [4.78, 5) is 0. The zero-order valence-electron chi connectivity index (χ0n) is 31.2. The lowest BCUT2D eigenvalue weighted by Crippen LogP contribution is -2.18. The van der Waals surface area contributed by atoms with Gasteiger partial charge in [0.05, 0.1) is 0 Å². The van der Waals surface area contributed by atoms with Crippen LogP contribution in [0.25, 0.3) is 88.0 Å². The number of benzene rings is 9. The molecule has 0 N–H and O–H groups in total. The third-order valence-electron chi connectivity index (χ3n) is 12.8. The van der Waals surface area contributed by atoms with E-state index < -0.39 is 0 Å². The summed E-state index contributed by atoms with van der Waals surface area (Å²) in [5, 5.41) is 7.66. The molecule has 0 aliphatic heterocycles. The molecule has 0 saturated carbocycles.